The van der Waals surface area contributed by atoms with Gasteiger partial charge in [-0.25, -0.2) is 13.6 Å². The first-order valence-corrected chi connectivity index (χ1v) is 7.74. The lowest BCUT2D eigenvalue weighted by Gasteiger charge is -2.28. The third-order valence-corrected chi connectivity index (χ3v) is 3.17. The van der Waals surface area contributed by atoms with Gasteiger partial charge in [-0.15, -0.1) is 0 Å². The fourth-order valence-corrected chi connectivity index (χ4v) is 1.86. The molecule has 0 aromatic heterocycles. The first-order valence-electron chi connectivity index (χ1n) is 7.74. The summed E-state index contributed by atoms with van der Waals surface area (Å²) in [6, 6.07) is 2.97. The van der Waals surface area contributed by atoms with Crippen LogP contribution >= 0.6 is 0 Å². The predicted molar refractivity (Wildman–Crippen MR) is 87.8 cm³/mol. The van der Waals surface area contributed by atoms with Gasteiger partial charge in [0.05, 0.1) is 6.10 Å². The van der Waals surface area contributed by atoms with Crippen LogP contribution < -0.4 is 10.6 Å². The van der Waals surface area contributed by atoms with E-state index in [1.54, 1.807) is 20.8 Å². The molecule has 0 fully saturated rings. The summed E-state index contributed by atoms with van der Waals surface area (Å²) in [6.07, 6.45) is -1.98. The molecule has 1 aromatic carbocycles. The number of nitrogens with one attached hydrogen (secondary N) is 2. The number of carbonyl (C=O) groups is 2. The molecule has 0 aliphatic rings. The van der Waals surface area contributed by atoms with Gasteiger partial charge in [-0.1, -0.05) is 6.07 Å². The monoisotopic (exact) mass is 358 g/mol. The van der Waals surface area contributed by atoms with Crippen molar-refractivity contribution in [3.8, 4) is 0 Å². The normalized spacial score (nSPS) is 13.1. The minimum absolute atomic E-state index is 0.122. The number of amides is 2. The maximum Gasteiger partial charge on any atom is 0.408 e. The second kappa shape index (κ2) is 7.77. The molecule has 0 saturated heterocycles. The highest BCUT2D eigenvalue weighted by Crippen LogP contribution is 2.16. The van der Waals surface area contributed by atoms with Crippen LogP contribution in [0.25, 0.3) is 0 Å². The molecule has 1 atom stereocenters. The average molecular weight is 358 g/mol. The van der Waals surface area contributed by atoms with Gasteiger partial charge in [0.2, 0.25) is 5.91 Å². The third-order valence-electron chi connectivity index (χ3n) is 3.17. The Hall–Kier alpha value is -2.22. The molecule has 0 bridgehead atoms. The van der Waals surface area contributed by atoms with Gasteiger partial charge in [-0.05, 0) is 52.3 Å². The molecule has 1 rings (SSSR count). The lowest BCUT2D eigenvalue weighted by Crippen LogP contribution is -2.56. The number of rotatable bonds is 5. The van der Waals surface area contributed by atoms with E-state index in [0.717, 1.165) is 12.1 Å². The van der Waals surface area contributed by atoms with Crippen molar-refractivity contribution >= 4 is 12.0 Å². The Morgan fingerprint density at radius 3 is 2.28 bits per heavy atom. The molecule has 0 heterocycles. The Labute approximate surface area is 145 Å². The standard InChI is InChI=1S/C17H24F2N2O4/c1-16(2,3)25-15(24)21-17(4,5)14(23)20-9-13(22)10-6-7-11(18)12(19)8-10/h6-8,13,22H,9H2,1-5H3,(H,20,23)(H,21,24)/t13-/m0/s1. The smallest absolute Gasteiger partial charge is 0.408 e. The van der Waals surface area contributed by atoms with Crippen LogP contribution in [0.2, 0.25) is 0 Å². The number of aliphatic hydroxyl groups is 1. The SMILES string of the molecule is CC(C)(C)OC(=O)NC(C)(C)C(=O)NC[C@H](O)c1ccc(F)c(F)c1. The van der Waals surface area contributed by atoms with E-state index < -0.39 is 40.9 Å². The minimum atomic E-state index is -1.30. The van der Waals surface area contributed by atoms with Crippen molar-refractivity contribution in [1.82, 2.24) is 10.6 Å². The van der Waals surface area contributed by atoms with Crippen LogP contribution in [0.15, 0.2) is 18.2 Å². The third kappa shape index (κ3) is 6.66. The fraction of sp³-hybridized carbons (Fsp3) is 0.529. The Morgan fingerprint density at radius 2 is 1.76 bits per heavy atom. The number of alkyl carbamates (subject to hydrolysis) is 1. The minimum Gasteiger partial charge on any atom is -0.444 e. The van der Waals surface area contributed by atoms with Crippen molar-refractivity contribution in [3.63, 3.8) is 0 Å². The number of benzene rings is 1. The lowest BCUT2D eigenvalue weighted by molar-refractivity contribution is -0.126. The summed E-state index contributed by atoms with van der Waals surface area (Å²) in [5.74, 6) is -2.68. The van der Waals surface area contributed by atoms with Crippen molar-refractivity contribution in [2.45, 2.75) is 51.9 Å². The van der Waals surface area contributed by atoms with Gasteiger partial charge >= 0.3 is 6.09 Å². The largest absolute Gasteiger partial charge is 0.444 e. The summed E-state index contributed by atoms with van der Waals surface area (Å²) in [5, 5.41) is 14.8. The Morgan fingerprint density at radius 1 is 1.16 bits per heavy atom. The molecule has 0 spiro atoms. The van der Waals surface area contributed by atoms with E-state index in [1.807, 2.05) is 0 Å². The van der Waals surface area contributed by atoms with Gasteiger partial charge in [-0.2, -0.15) is 0 Å². The summed E-state index contributed by atoms with van der Waals surface area (Å²) in [6.45, 7) is 7.78. The van der Waals surface area contributed by atoms with Crippen LogP contribution in [0, 0.1) is 11.6 Å². The Bertz CT molecular complexity index is 642. The highest BCUT2D eigenvalue weighted by Gasteiger charge is 2.31. The van der Waals surface area contributed by atoms with E-state index in [4.69, 9.17) is 4.74 Å². The van der Waals surface area contributed by atoms with Gasteiger partial charge in [0, 0.05) is 6.54 Å². The summed E-state index contributed by atoms with van der Waals surface area (Å²) in [7, 11) is 0. The molecular weight excluding hydrogens is 334 g/mol. The first kappa shape index (κ1) is 20.8. The van der Waals surface area contributed by atoms with Crippen LogP contribution in [0.5, 0.6) is 0 Å². The molecule has 1 aromatic rings. The Balaban J connectivity index is 2.61. The van der Waals surface area contributed by atoms with Crippen molar-refractivity contribution in [2.24, 2.45) is 0 Å². The van der Waals surface area contributed by atoms with Crippen LogP contribution in [0.3, 0.4) is 0 Å². The second-order valence-electron chi connectivity index (χ2n) is 7.15. The average Bonchev–Trinajstić information content (AvgIpc) is 2.44. The van der Waals surface area contributed by atoms with Crippen molar-refractivity contribution in [3.05, 3.63) is 35.4 Å². The lowest BCUT2D eigenvalue weighted by atomic mass is 10.0. The molecule has 0 saturated carbocycles. The number of carbonyl (C=O) groups excluding carboxylic acids is 2. The molecule has 6 nitrogen and oxygen atoms in total. The number of aliphatic hydroxyl groups excluding tert-OH is 1. The molecule has 0 aliphatic carbocycles. The molecule has 0 unspecified atom stereocenters. The molecule has 0 aliphatic heterocycles. The zero-order valence-corrected chi connectivity index (χ0v) is 14.9. The van der Waals surface area contributed by atoms with Crippen molar-refractivity contribution < 1.29 is 28.2 Å². The zero-order valence-electron chi connectivity index (χ0n) is 14.9. The highest BCUT2D eigenvalue weighted by atomic mass is 19.2. The van der Waals surface area contributed by atoms with Crippen molar-refractivity contribution in [2.75, 3.05) is 6.54 Å². The maximum atomic E-state index is 13.2. The summed E-state index contributed by atoms with van der Waals surface area (Å²) in [4.78, 5) is 24.0. The number of hydrogen-bond acceptors (Lipinski definition) is 4. The molecule has 8 heteroatoms. The van der Waals surface area contributed by atoms with Crippen LogP contribution in [-0.4, -0.2) is 34.8 Å². The summed E-state index contributed by atoms with van der Waals surface area (Å²) >= 11 is 0. The molecule has 0 radical (unpaired) electrons. The van der Waals surface area contributed by atoms with Gasteiger partial charge in [0.25, 0.3) is 0 Å². The van der Waals surface area contributed by atoms with Gasteiger partial charge < -0.3 is 20.5 Å². The Kier molecular flexibility index (Phi) is 6.48. The van der Waals surface area contributed by atoms with Crippen LogP contribution in [-0.2, 0) is 9.53 Å². The molecule has 25 heavy (non-hydrogen) atoms. The van der Waals surface area contributed by atoms with E-state index in [2.05, 4.69) is 10.6 Å². The number of hydrogen-bond donors (Lipinski definition) is 3. The second-order valence-corrected chi connectivity index (χ2v) is 7.15. The van der Waals surface area contributed by atoms with E-state index in [1.165, 1.54) is 19.9 Å². The van der Waals surface area contributed by atoms with Gasteiger partial charge in [0.1, 0.15) is 11.1 Å². The molecular formula is C17H24F2N2O4. The topological polar surface area (TPSA) is 87.7 Å². The van der Waals surface area contributed by atoms with E-state index in [9.17, 15) is 23.5 Å². The zero-order chi connectivity index (χ0) is 19.4. The maximum absolute atomic E-state index is 13.2. The van der Waals surface area contributed by atoms with E-state index >= 15 is 0 Å². The highest BCUT2D eigenvalue weighted by molar-refractivity contribution is 5.89. The summed E-state index contributed by atoms with van der Waals surface area (Å²) < 4.78 is 31.2. The van der Waals surface area contributed by atoms with Crippen molar-refractivity contribution in [1.29, 1.82) is 0 Å². The van der Waals surface area contributed by atoms with Crippen LogP contribution in [0.1, 0.15) is 46.3 Å². The number of ether oxygens (including phenoxy) is 1. The molecule has 140 valence electrons. The molecule has 3 N–H and O–H groups in total. The van der Waals surface area contributed by atoms with Gasteiger partial charge in [-0.3, -0.25) is 4.79 Å². The quantitative estimate of drug-likeness (QED) is 0.754. The summed E-state index contributed by atoms with van der Waals surface area (Å²) in [5.41, 5.74) is -1.88. The predicted octanol–water partition coefficient (Wildman–Crippen LogP) is 2.42. The van der Waals surface area contributed by atoms with Gasteiger partial charge in [0.15, 0.2) is 11.6 Å². The first-order chi connectivity index (χ1) is 11.3. The van der Waals surface area contributed by atoms with E-state index in [0.29, 0.717) is 0 Å². The number of halogens is 2. The molecule has 2 amide bonds. The van der Waals surface area contributed by atoms with E-state index in [-0.39, 0.29) is 12.1 Å². The van der Waals surface area contributed by atoms with Crippen LogP contribution in [0.4, 0.5) is 13.6 Å². The fourth-order valence-electron chi connectivity index (χ4n) is 1.86.